The molecule has 2 aliphatic heterocycles. The number of ether oxygens (including phenoxy) is 1. The smallest absolute Gasteiger partial charge is 0.320 e. The van der Waals surface area contributed by atoms with E-state index >= 15 is 0 Å². The highest BCUT2D eigenvalue weighted by Crippen LogP contribution is 2.26. The number of fused-ring (bicyclic) bond motifs is 1. The summed E-state index contributed by atoms with van der Waals surface area (Å²) < 4.78 is 5.17. The van der Waals surface area contributed by atoms with Crippen molar-refractivity contribution >= 4 is 11.9 Å². The molecule has 2 atom stereocenters. The predicted octanol–water partition coefficient (Wildman–Crippen LogP) is 0.540. The van der Waals surface area contributed by atoms with Gasteiger partial charge in [-0.3, -0.25) is 14.5 Å². The first-order valence-corrected chi connectivity index (χ1v) is 6.89. The Bertz CT molecular complexity index is 319. The number of likely N-dealkylation sites (tertiary alicyclic amines) is 1. The molecule has 2 heterocycles. The van der Waals surface area contributed by atoms with Gasteiger partial charge in [0.1, 0.15) is 0 Å². The minimum Gasteiger partial charge on any atom is -0.465 e. The zero-order valence-corrected chi connectivity index (χ0v) is 11.0. The number of hydrogen-bond donors (Lipinski definition) is 1. The molecule has 0 aromatic rings. The molecule has 0 bridgehead atoms. The van der Waals surface area contributed by atoms with Crippen LogP contribution in [0.5, 0.6) is 0 Å². The summed E-state index contributed by atoms with van der Waals surface area (Å²) in [5, 5.41) is 2.88. The number of carbonyl (C=O) groups is 2. The highest BCUT2D eigenvalue weighted by molar-refractivity contribution is 5.82. The number of piperidine rings is 1. The van der Waals surface area contributed by atoms with Crippen LogP contribution in [0, 0.1) is 5.92 Å². The third-order valence-corrected chi connectivity index (χ3v) is 3.81. The Morgan fingerprint density at radius 2 is 2.39 bits per heavy atom. The van der Waals surface area contributed by atoms with Crippen molar-refractivity contribution in [2.24, 2.45) is 5.92 Å². The van der Waals surface area contributed by atoms with Crippen LogP contribution < -0.4 is 5.32 Å². The zero-order chi connectivity index (χ0) is 13.0. The molecule has 1 N–H and O–H groups in total. The summed E-state index contributed by atoms with van der Waals surface area (Å²) in [5.41, 5.74) is 0. The number of esters is 1. The van der Waals surface area contributed by atoms with Gasteiger partial charge in [-0.05, 0) is 25.8 Å². The van der Waals surface area contributed by atoms with E-state index in [1.165, 1.54) is 0 Å². The summed E-state index contributed by atoms with van der Waals surface area (Å²) in [4.78, 5) is 25.4. The number of rotatable bonds is 5. The third kappa shape index (κ3) is 3.02. The average Bonchev–Trinajstić information content (AvgIpc) is 2.73. The van der Waals surface area contributed by atoms with Gasteiger partial charge < -0.3 is 10.1 Å². The molecule has 2 fully saturated rings. The lowest BCUT2D eigenvalue weighted by molar-refractivity contribution is -0.146. The molecule has 2 aliphatic rings. The number of carbonyl (C=O) groups excluding carboxylic acids is 2. The van der Waals surface area contributed by atoms with Gasteiger partial charge in [-0.2, -0.15) is 0 Å². The number of hydrogen-bond acceptors (Lipinski definition) is 4. The van der Waals surface area contributed by atoms with E-state index in [4.69, 9.17) is 4.74 Å². The topological polar surface area (TPSA) is 58.6 Å². The first kappa shape index (κ1) is 13.3. The van der Waals surface area contributed by atoms with Crippen LogP contribution in [-0.2, 0) is 14.3 Å². The average molecular weight is 254 g/mol. The fraction of sp³-hybridized carbons (Fsp3) is 0.846. The van der Waals surface area contributed by atoms with Crippen LogP contribution in [0.3, 0.4) is 0 Å². The Kier molecular flexibility index (Phi) is 4.58. The van der Waals surface area contributed by atoms with E-state index in [0.29, 0.717) is 19.7 Å². The minimum absolute atomic E-state index is 0.0715. The molecule has 0 radical (unpaired) electrons. The van der Waals surface area contributed by atoms with Crippen molar-refractivity contribution in [2.45, 2.75) is 38.6 Å². The number of unbranched alkanes of at least 4 members (excludes halogenated alkanes) is 1. The van der Waals surface area contributed by atoms with Gasteiger partial charge in [0.25, 0.3) is 0 Å². The third-order valence-electron chi connectivity index (χ3n) is 3.81. The van der Waals surface area contributed by atoms with Crippen LogP contribution >= 0.6 is 0 Å². The maximum absolute atomic E-state index is 11.7. The monoisotopic (exact) mass is 254 g/mol. The first-order valence-electron chi connectivity index (χ1n) is 6.89. The summed E-state index contributed by atoms with van der Waals surface area (Å²) in [6.45, 7) is 4.46. The quantitative estimate of drug-likeness (QED) is 0.574. The van der Waals surface area contributed by atoms with E-state index in [0.717, 1.165) is 32.2 Å². The molecule has 0 aromatic carbocycles. The van der Waals surface area contributed by atoms with Gasteiger partial charge in [0.05, 0.1) is 19.1 Å². The molecule has 0 saturated carbocycles. The lowest BCUT2D eigenvalue weighted by Gasteiger charge is -2.34. The number of nitrogens with zero attached hydrogens (tertiary/aromatic N) is 1. The van der Waals surface area contributed by atoms with E-state index in [9.17, 15) is 9.59 Å². The predicted molar refractivity (Wildman–Crippen MR) is 67.0 cm³/mol. The van der Waals surface area contributed by atoms with Crippen LogP contribution in [0.15, 0.2) is 0 Å². The first-order chi connectivity index (χ1) is 8.72. The van der Waals surface area contributed by atoms with Gasteiger partial charge in [0, 0.05) is 12.6 Å². The van der Waals surface area contributed by atoms with E-state index in [1.807, 2.05) is 0 Å². The normalized spacial score (nSPS) is 27.7. The highest BCUT2D eigenvalue weighted by Gasteiger charge is 2.41. The SMILES string of the molecule is CCCCOC(=O)CN1CCCC2C(=O)NCC21. The molecule has 2 saturated heterocycles. The second-order valence-corrected chi connectivity index (χ2v) is 5.11. The minimum atomic E-state index is -0.163. The summed E-state index contributed by atoms with van der Waals surface area (Å²) in [6.07, 6.45) is 3.87. The maximum Gasteiger partial charge on any atom is 0.320 e. The van der Waals surface area contributed by atoms with Crippen LogP contribution in [0.4, 0.5) is 0 Å². The molecule has 18 heavy (non-hydrogen) atoms. The van der Waals surface area contributed by atoms with Crippen molar-refractivity contribution in [3.05, 3.63) is 0 Å². The summed E-state index contributed by atoms with van der Waals surface area (Å²) in [7, 11) is 0. The Morgan fingerprint density at radius 1 is 1.56 bits per heavy atom. The molecule has 0 aromatic heterocycles. The zero-order valence-electron chi connectivity index (χ0n) is 11.0. The maximum atomic E-state index is 11.7. The molecule has 102 valence electrons. The fourth-order valence-corrected chi connectivity index (χ4v) is 2.78. The van der Waals surface area contributed by atoms with E-state index in [1.54, 1.807) is 0 Å². The Balaban J connectivity index is 1.81. The molecular formula is C13H22N2O3. The lowest BCUT2D eigenvalue weighted by atomic mass is 9.91. The van der Waals surface area contributed by atoms with Crippen LogP contribution in [0.1, 0.15) is 32.6 Å². The van der Waals surface area contributed by atoms with Gasteiger partial charge in [-0.1, -0.05) is 13.3 Å². The molecule has 5 heteroatoms. The van der Waals surface area contributed by atoms with Gasteiger partial charge >= 0.3 is 5.97 Å². The van der Waals surface area contributed by atoms with E-state index in [-0.39, 0.29) is 23.8 Å². The molecule has 0 aliphatic carbocycles. The van der Waals surface area contributed by atoms with E-state index < -0.39 is 0 Å². The summed E-state index contributed by atoms with van der Waals surface area (Å²) in [6, 6.07) is 0.185. The molecule has 1 amide bonds. The molecule has 0 spiro atoms. The van der Waals surface area contributed by atoms with Crippen molar-refractivity contribution in [3.63, 3.8) is 0 Å². The van der Waals surface area contributed by atoms with Crippen molar-refractivity contribution in [1.82, 2.24) is 10.2 Å². The number of amides is 1. The molecule has 2 rings (SSSR count). The Morgan fingerprint density at radius 3 is 3.17 bits per heavy atom. The summed E-state index contributed by atoms with van der Waals surface area (Å²) in [5.74, 6) is 0.0506. The van der Waals surface area contributed by atoms with Gasteiger partial charge in [-0.25, -0.2) is 0 Å². The van der Waals surface area contributed by atoms with Crippen molar-refractivity contribution in [2.75, 3.05) is 26.2 Å². The second kappa shape index (κ2) is 6.18. The molecular weight excluding hydrogens is 232 g/mol. The van der Waals surface area contributed by atoms with Crippen LogP contribution in [-0.4, -0.2) is 49.1 Å². The lowest BCUT2D eigenvalue weighted by Crippen LogP contribution is -2.47. The standard InChI is InChI=1S/C13H22N2O3/c1-2-3-7-18-12(16)9-15-6-4-5-10-11(15)8-14-13(10)17/h10-11H,2-9H2,1H3,(H,14,17). The van der Waals surface area contributed by atoms with E-state index in [2.05, 4.69) is 17.1 Å². The molecule has 2 unspecified atom stereocenters. The summed E-state index contributed by atoms with van der Waals surface area (Å²) >= 11 is 0. The Hall–Kier alpha value is -1.10. The fourth-order valence-electron chi connectivity index (χ4n) is 2.78. The van der Waals surface area contributed by atoms with Gasteiger partial charge in [0.2, 0.25) is 5.91 Å². The largest absolute Gasteiger partial charge is 0.465 e. The Labute approximate surface area is 108 Å². The number of nitrogens with one attached hydrogen (secondary N) is 1. The van der Waals surface area contributed by atoms with Crippen LogP contribution in [0.25, 0.3) is 0 Å². The second-order valence-electron chi connectivity index (χ2n) is 5.11. The van der Waals surface area contributed by atoms with Crippen molar-refractivity contribution in [1.29, 1.82) is 0 Å². The van der Waals surface area contributed by atoms with Gasteiger partial charge in [-0.15, -0.1) is 0 Å². The van der Waals surface area contributed by atoms with Crippen LogP contribution in [0.2, 0.25) is 0 Å². The van der Waals surface area contributed by atoms with Crippen molar-refractivity contribution in [3.8, 4) is 0 Å². The van der Waals surface area contributed by atoms with Crippen molar-refractivity contribution < 1.29 is 14.3 Å². The van der Waals surface area contributed by atoms with Gasteiger partial charge in [0.15, 0.2) is 0 Å². The molecule has 5 nitrogen and oxygen atoms in total. The highest BCUT2D eigenvalue weighted by atomic mass is 16.5.